The van der Waals surface area contributed by atoms with Gasteiger partial charge in [0.05, 0.1) is 11.6 Å². The molecule has 0 aliphatic heterocycles. The largest absolute Gasteiger partial charge is 0.488 e. The molecule has 0 atom stereocenters. The van der Waals surface area contributed by atoms with Crippen LogP contribution in [0.2, 0.25) is 0 Å². The number of ether oxygens (including phenoxy) is 1. The number of nitrogens with zero attached hydrogens (tertiary/aromatic N) is 1. The summed E-state index contributed by atoms with van der Waals surface area (Å²) in [4.78, 5) is 0. The fourth-order valence-electron chi connectivity index (χ4n) is 2.48. The first-order valence-corrected chi connectivity index (χ1v) is 7.06. The molecule has 0 unspecified atom stereocenters. The molecule has 0 fully saturated rings. The Labute approximate surface area is 126 Å². The number of nitrogens with two attached hydrogens (primary N) is 1. The van der Waals surface area contributed by atoms with Crippen LogP contribution in [0.1, 0.15) is 27.8 Å². The van der Waals surface area contributed by atoms with Gasteiger partial charge in [-0.1, -0.05) is 30.3 Å². The van der Waals surface area contributed by atoms with Gasteiger partial charge in [0.25, 0.3) is 0 Å². The molecule has 0 amide bonds. The van der Waals surface area contributed by atoms with Crippen molar-refractivity contribution < 1.29 is 4.74 Å². The first-order chi connectivity index (χ1) is 10.2. The zero-order valence-corrected chi connectivity index (χ0v) is 12.5. The minimum atomic E-state index is 0.404. The van der Waals surface area contributed by atoms with Gasteiger partial charge in [0, 0.05) is 5.56 Å². The number of rotatable bonds is 5. The summed E-state index contributed by atoms with van der Waals surface area (Å²) in [5.41, 5.74) is 10.6. The van der Waals surface area contributed by atoms with E-state index >= 15 is 0 Å². The van der Waals surface area contributed by atoms with Crippen molar-refractivity contribution in [2.75, 3.05) is 6.54 Å². The molecular formula is C18H20N2O. The fourth-order valence-corrected chi connectivity index (χ4v) is 2.48. The van der Waals surface area contributed by atoms with E-state index in [2.05, 4.69) is 18.2 Å². The zero-order chi connectivity index (χ0) is 15.2. The van der Waals surface area contributed by atoms with Crippen LogP contribution in [-0.4, -0.2) is 6.54 Å². The summed E-state index contributed by atoms with van der Waals surface area (Å²) in [6, 6.07) is 13.9. The number of hydrogen-bond donors (Lipinski definition) is 1. The second-order valence-corrected chi connectivity index (χ2v) is 5.16. The highest BCUT2D eigenvalue weighted by molar-refractivity contribution is 5.44. The quantitative estimate of drug-likeness (QED) is 0.914. The molecule has 2 N–H and O–H groups in total. The van der Waals surface area contributed by atoms with E-state index < -0.39 is 0 Å². The molecule has 0 aliphatic carbocycles. The maximum Gasteiger partial charge on any atom is 0.125 e. The Morgan fingerprint density at radius 2 is 1.81 bits per heavy atom. The highest BCUT2D eigenvalue weighted by Crippen LogP contribution is 2.26. The van der Waals surface area contributed by atoms with Gasteiger partial charge in [-0.25, -0.2) is 0 Å². The van der Waals surface area contributed by atoms with E-state index in [4.69, 9.17) is 15.7 Å². The molecule has 0 spiro atoms. The van der Waals surface area contributed by atoms with Crippen molar-refractivity contribution in [3.8, 4) is 11.8 Å². The van der Waals surface area contributed by atoms with E-state index in [-0.39, 0.29) is 0 Å². The van der Waals surface area contributed by atoms with Gasteiger partial charge in [-0.2, -0.15) is 5.26 Å². The predicted octanol–water partition coefficient (Wildman–Crippen LogP) is 3.26. The fraction of sp³-hybridized carbons (Fsp3) is 0.278. The molecule has 0 aliphatic rings. The summed E-state index contributed by atoms with van der Waals surface area (Å²) >= 11 is 0. The Morgan fingerprint density at radius 1 is 1.14 bits per heavy atom. The Morgan fingerprint density at radius 3 is 2.43 bits per heavy atom. The minimum Gasteiger partial charge on any atom is -0.488 e. The van der Waals surface area contributed by atoms with Gasteiger partial charge in [0.2, 0.25) is 0 Å². The second kappa shape index (κ2) is 6.92. The van der Waals surface area contributed by atoms with Crippen LogP contribution in [0.5, 0.6) is 5.75 Å². The summed E-state index contributed by atoms with van der Waals surface area (Å²) in [6.07, 6.45) is 0.874. The topological polar surface area (TPSA) is 59.0 Å². The molecule has 0 saturated heterocycles. The first kappa shape index (κ1) is 15.1. The van der Waals surface area contributed by atoms with E-state index in [1.807, 2.05) is 38.1 Å². The number of nitriles is 1. The Hall–Kier alpha value is -2.31. The molecule has 0 heterocycles. The molecule has 21 heavy (non-hydrogen) atoms. The van der Waals surface area contributed by atoms with Crippen LogP contribution in [0, 0.1) is 25.2 Å². The SMILES string of the molecule is Cc1cc(CCN)cc(C)c1OCc1ccccc1C#N. The molecule has 2 aromatic carbocycles. The van der Waals surface area contributed by atoms with Crippen LogP contribution in [0.4, 0.5) is 0 Å². The van der Waals surface area contributed by atoms with E-state index in [1.54, 1.807) is 0 Å². The number of hydrogen-bond acceptors (Lipinski definition) is 3. The van der Waals surface area contributed by atoms with Crippen molar-refractivity contribution in [3.05, 3.63) is 64.2 Å². The third kappa shape index (κ3) is 3.62. The van der Waals surface area contributed by atoms with Gasteiger partial charge in [0.1, 0.15) is 12.4 Å². The molecule has 0 aromatic heterocycles. The van der Waals surface area contributed by atoms with Crippen molar-refractivity contribution >= 4 is 0 Å². The van der Waals surface area contributed by atoms with Gasteiger partial charge in [-0.3, -0.25) is 0 Å². The molecule has 2 rings (SSSR count). The van der Waals surface area contributed by atoms with Crippen LogP contribution in [0.15, 0.2) is 36.4 Å². The van der Waals surface area contributed by atoms with Gasteiger partial charge in [-0.05, 0) is 49.6 Å². The summed E-state index contributed by atoms with van der Waals surface area (Å²) < 4.78 is 5.95. The first-order valence-electron chi connectivity index (χ1n) is 7.06. The molecular weight excluding hydrogens is 260 g/mol. The molecule has 2 aromatic rings. The number of benzene rings is 2. The average molecular weight is 280 g/mol. The standard InChI is InChI=1S/C18H20N2O/c1-13-9-15(7-8-19)10-14(2)18(13)21-12-17-6-4-3-5-16(17)11-20/h3-6,9-10H,7-8,12,19H2,1-2H3. The predicted molar refractivity (Wildman–Crippen MR) is 84.2 cm³/mol. The van der Waals surface area contributed by atoms with Gasteiger partial charge < -0.3 is 10.5 Å². The number of aryl methyl sites for hydroxylation is 2. The summed E-state index contributed by atoms with van der Waals surface area (Å²) in [7, 11) is 0. The summed E-state index contributed by atoms with van der Waals surface area (Å²) in [6.45, 7) is 5.13. The lowest BCUT2D eigenvalue weighted by atomic mass is 10.0. The van der Waals surface area contributed by atoms with Crippen molar-refractivity contribution in [1.82, 2.24) is 0 Å². The molecule has 0 bridgehead atoms. The van der Waals surface area contributed by atoms with Gasteiger partial charge in [-0.15, -0.1) is 0 Å². The van der Waals surface area contributed by atoms with E-state index in [1.165, 1.54) is 5.56 Å². The Kier molecular flexibility index (Phi) is 4.97. The summed E-state index contributed by atoms with van der Waals surface area (Å²) in [5, 5.41) is 9.10. The van der Waals surface area contributed by atoms with Gasteiger partial charge in [0.15, 0.2) is 0 Å². The van der Waals surface area contributed by atoms with E-state index in [0.29, 0.717) is 18.7 Å². The van der Waals surface area contributed by atoms with Crippen LogP contribution >= 0.6 is 0 Å². The van der Waals surface area contributed by atoms with Crippen molar-refractivity contribution in [3.63, 3.8) is 0 Å². The van der Waals surface area contributed by atoms with Crippen molar-refractivity contribution in [2.45, 2.75) is 26.9 Å². The van der Waals surface area contributed by atoms with Gasteiger partial charge >= 0.3 is 0 Å². The smallest absolute Gasteiger partial charge is 0.125 e. The molecule has 0 saturated carbocycles. The van der Waals surface area contributed by atoms with Crippen LogP contribution in [0.25, 0.3) is 0 Å². The van der Waals surface area contributed by atoms with Crippen LogP contribution in [0.3, 0.4) is 0 Å². The molecule has 3 nitrogen and oxygen atoms in total. The zero-order valence-electron chi connectivity index (χ0n) is 12.5. The highest BCUT2D eigenvalue weighted by Gasteiger charge is 2.08. The lowest BCUT2D eigenvalue weighted by Gasteiger charge is -2.14. The maximum absolute atomic E-state index is 9.10. The highest BCUT2D eigenvalue weighted by atomic mass is 16.5. The normalized spacial score (nSPS) is 10.2. The van der Waals surface area contributed by atoms with E-state index in [0.717, 1.165) is 28.9 Å². The minimum absolute atomic E-state index is 0.404. The maximum atomic E-state index is 9.10. The summed E-state index contributed by atoms with van der Waals surface area (Å²) in [5.74, 6) is 0.892. The average Bonchev–Trinajstić information content (AvgIpc) is 2.47. The van der Waals surface area contributed by atoms with Crippen LogP contribution in [-0.2, 0) is 13.0 Å². The molecule has 0 radical (unpaired) electrons. The van der Waals surface area contributed by atoms with Crippen LogP contribution < -0.4 is 10.5 Å². The van der Waals surface area contributed by atoms with Crippen molar-refractivity contribution in [1.29, 1.82) is 5.26 Å². The Balaban J connectivity index is 2.19. The second-order valence-electron chi connectivity index (χ2n) is 5.16. The van der Waals surface area contributed by atoms with E-state index in [9.17, 15) is 0 Å². The van der Waals surface area contributed by atoms with Crippen molar-refractivity contribution in [2.24, 2.45) is 5.73 Å². The third-order valence-corrected chi connectivity index (χ3v) is 3.46. The monoisotopic (exact) mass is 280 g/mol. The Bertz CT molecular complexity index is 648. The molecule has 108 valence electrons. The third-order valence-electron chi connectivity index (χ3n) is 3.46. The lowest BCUT2D eigenvalue weighted by Crippen LogP contribution is -2.05. The molecule has 3 heteroatoms. The lowest BCUT2D eigenvalue weighted by molar-refractivity contribution is 0.301.